The molecule has 0 saturated carbocycles. The average molecular weight is 393 g/mol. The third-order valence-corrected chi connectivity index (χ3v) is 4.98. The number of hydrogen-bond donors (Lipinski definition) is 1. The minimum atomic E-state index is -0.198. The Morgan fingerprint density at radius 1 is 0.767 bits per heavy atom. The van der Waals surface area contributed by atoms with Gasteiger partial charge in [-0.1, -0.05) is 54.6 Å². The molecule has 4 nitrogen and oxygen atoms in total. The molecule has 0 radical (unpaired) electrons. The number of hydrogen-bond acceptors (Lipinski definition) is 3. The van der Waals surface area contributed by atoms with Crippen molar-refractivity contribution in [1.82, 2.24) is 0 Å². The zero-order valence-corrected chi connectivity index (χ0v) is 16.2. The van der Waals surface area contributed by atoms with Crippen molar-refractivity contribution in [3.8, 4) is 5.75 Å². The number of rotatable bonds is 5. The smallest absolute Gasteiger partial charge is 0.255 e. The van der Waals surface area contributed by atoms with Crippen LogP contribution < -0.4 is 10.1 Å². The molecule has 0 bridgehead atoms. The van der Waals surface area contributed by atoms with Gasteiger partial charge in [0.05, 0.1) is 0 Å². The van der Waals surface area contributed by atoms with E-state index >= 15 is 0 Å². The number of carbonyl (C=O) groups is 1. The summed E-state index contributed by atoms with van der Waals surface area (Å²) in [5, 5.41) is 5.03. The second-order valence-electron chi connectivity index (χ2n) is 7.07. The van der Waals surface area contributed by atoms with Crippen LogP contribution in [0.2, 0.25) is 0 Å². The molecule has 4 aromatic carbocycles. The zero-order chi connectivity index (χ0) is 20.3. The first-order chi connectivity index (χ1) is 14.8. The van der Waals surface area contributed by atoms with E-state index in [1.165, 1.54) is 0 Å². The third-order valence-electron chi connectivity index (χ3n) is 4.98. The highest BCUT2D eigenvalue weighted by atomic mass is 16.5. The molecule has 0 aliphatic rings. The van der Waals surface area contributed by atoms with Crippen molar-refractivity contribution in [2.75, 3.05) is 5.32 Å². The second kappa shape index (κ2) is 7.76. The first kappa shape index (κ1) is 18.0. The van der Waals surface area contributed by atoms with Gasteiger partial charge in [0, 0.05) is 28.1 Å². The van der Waals surface area contributed by atoms with Crippen molar-refractivity contribution < 1.29 is 13.9 Å². The summed E-state index contributed by atoms with van der Waals surface area (Å²) in [6.07, 6.45) is 0. The summed E-state index contributed by atoms with van der Waals surface area (Å²) in [5.41, 5.74) is 3.87. The Hall–Kier alpha value is -4.05. The van der Waals surface area contributed by atoms with Crippen LogP contribution in [0.4, 0.5) is 5.69 Å². The molecule has 0 spiro atoms. The van der Waals surface area contributed by atoms with Crippen LogP contribution in [-0.2, 0) is 6.61 Å². The maximum absolute atomic E-state index is 12.8. The van der Waals surface area contributed by atoms with Crippen LogP contribution in [0.25, 0.3) is 21.9 Å². The molecule has 146 valence electrons. The summed E-state index contributed by atoms with van der Waals surface area (Å²) in [7, 11) is 0. The van der Waals surface area contributed by atoms with Gasteiger partial charge < -0.3 is 14.5 Å². The number of carbonyl (C=O) groups excluding carboxylic acids is 1. The van der Waals surface area contributed by atoms with Gasteiger partial charge in [0.2, 0.25) is 0 Å². The molecule has 0 saturated heterocycles. The molecule has 1 heterocycles. The van der Waals surface area contributed by atoms with Crippen molar-refractivity contribution in [3.05, 3.63) is 108 Å². The molecule has 1 N–H and O–H groups in total. The van der Waals surface area contributed by atoms with Crippen molar-refractivity contribution in [2.24, 2.45) is 0 Å². The Morgan fingerprint density at radius 3 is 2.47 bits per heavy atom. The molecule has 1 amide bonds. The minimum Gasteiger partial charge on any atom is -0.489 e. The van der Waals surface area contributed by atoms with Crippen LogP contribution in [0.1, 0.15) is 15.9 Å². The van der Waals surface area contributed by atoms with E-state index in [0.29, 0.717) is 23.6 Å². The van der Waals surface area contributed by atoms with Gasteiger partial charge in [-0.25, -0.2) is 0 Å². The molecule has 5 aromatic rings. The SMILES string of the molecule is O=C(Nc1ccc2c(c1)oc1ccccc12)c1cccc(OCc2ccccc2)c1. The van der Waals surface area contributed by atoms with E-state index in [1.807, 2.05) is 84.9 Å². The van der Waals surface area contributed by atoms with Gasteiger partial charge in [-0.3, -0.25) is 4.79 Å². The summed E-state index contributed by atoms with van der Waals surface area (Å²) in [6, 6.07) is 30.7. The fourth-order valence-electron chi connectivity index (χ4n) is 3.47. The van der Waals surface area contributed by atoms with E-state index in [0.717, 1.165) is 27.5 Å². The Balaban J connectivity index is 1.33. The normalized spacial score (nSPS) is 10.9. The van der Waals surface area contributed by atoms with Crippen LogP contribution in [0.3, 0.4) is 0 Å². The number of fused-ring (bicyclic) bond motifs is 3. The lowest BCUT2D eigenvalue weighted by Crippen LogP contribution is -2.11. The number of ether oxygens (including phenoxy) is 1. The number of benzene rings is 4. The van der Waals surface area contributed by atoms with Crippen LogP contribution in [0, 0.1) is 0 Å². The number of anilines is 1. The summed E-state index contributed by atoms with van der Waals surface area (Å²) >= 11 is 0. The van der Waals surface area contributed by atoms with Crippen molar-refractivity contribution in [1.29, 1.82) is 0 Å². The predicted octanol–water partition coefficient (Wildman–Crippen LogP) is 6.42. The highest BCUT2D eigenvalue weighted by molar-refractivity contribution is 6.08. The first-order valence-corrected chi connectivity index (χ1v) is 9.76. The quantitative estimate of drug-likeness (QED) is 0.375. The first-order valence-electron chi connectivity index (χ1n) is 9.76. The van der Waals surface area contributed by atoms with Crippen LogP contribution >= 0.6 is 0 Å². The molecular formula is C26H19NO3. The van der Waals surface area contributed by atoms with Gasteiger partial charge >= 0.3 is 0 Å². The van der Waals surface area contributed by atoms with Gasteiger partial charge in [-0.05, 0) is 42.0 Å². The standard InChI is InChI=1S/C26H19NO3/c28-26(19-9-6-10-21(15-19)29-17-18-7-2-1-3-8-18)27-20-13-14-23-22-11-4-5-12-24(22)30-25(23)16-20/h1-16H,17H2,(H,27,28). The summed E-state index contributed by atoms with van der Waals surface area (Å²) in [5.74, 6) is 0.454. The molecule has 0 fully saturated rings. The third kappa shape index (κ3) is 3.63. The molecular weight excluding hydrogens is 374 g/mol. The van der Waals surface area contributed by atoms with Gasteiger partial charge in [0.1, 0.15) is 23.5 Å². The van der Waals surface area contributed by atoms with E-state index in [4.69, 9.17) is 9.15 Å². The topological polar surface area (TPSA) is 51.5 Å². The molecule has 4 heteroatoms. The summed E-state index contributed by atoms with van der Waals surface area (Å²) in [4.78, 5) is 12.8. The van der Waals surface area contributed by atoms with Crippen LogP contribution in [-0.4, -0.2) is 5.91 Å². The molecule has 0 aliphatic carbocycles. The molecule has 0 atom stereocenters. The maximum atomic E-state index is 12.8. The number of furan rings is 1. The molecule has 0 unspecified atom stereocenters. The van der Waals surface area contributed by atoms with E-state index in [1.54, 1.807) is 12.1 Å². The predicted molar refractivity (Wildman–Crippen MR) is 119 cm³/mol. The largest absolute Gasteiger partial charge is 0.489 e. The Bertz CT molecular complexity index is 1340. The van der Waals surface area contributed by atoms with Gasteiger partial charge in [-0.15, -0.1) is 0 Å². The monoisotopic (exact) mass is 393 g/mol. The molecule has 5 rings (SSSR count). The lowest BCUT2D eigenvalue weighted by molar-refractivity contribution is 0.102. The average Bonchev–Trinajstić information content (AvgIpc) is 3.16. The van der Waals surface area contributed by atoms with Gasteiger partial charge in [0.25, 0.3) is 5.91 Å². The highest BCUT2D eigenvalue weighted by Crippen LogP contribution is 2.30. The minimum absolute atomic E-state index is 0.198. The zero-order valence-electron chi connectivity index (χ0n) is 16.2. The van der Waals surface area contributed by atoms with Crippen LogP contribution in [0.15, 0.2) is 101 Å². The van der Waals surface area contributed by atoms with Crippen molar-refractivity contribution >= 4 is 33.5 Å². The van der Waals surface area contributed by atoms with E-state index < -0.39 is 0 Å². The van der Waals surface area contributed by atoms with Crippen molar-refractivity contribution in [2.45, 2.75) is 6.61 Å². The Labute approximate surface area is 173 Å². The Morgan fingerprint density at radius 2 is 1.57 bits per heavy atom. The van der Waals surface area contributed by atoms with E-state index in [2.05, 4.69) is 5.32 Å². The molecule has 1 aromatic heterocycles. The number of nitrogens with one attached hydrogen (secondary N) is 1. The maximum Gasteiger partial charge on any atom is 0.255 e. The molecule has 0 aliphatic heterocycles. The van der Waals surface area contributed by atoms with E-state index in [-0.39, 0.29) is 5.91 Å². The van der Waals surface area contributed by atoms with Crippen molar-refractivity contribution in [3.63, 3.8) is 0 Å². The van der Waals surface area contributed by atoms with Crippen LogP contribution in [0.5, 0.6) is 5.75 Å². The van der Waals surface area contributed by atoms with Gasteiger partial charge in [-0.2, -0.15) is 0 Å². The number of amides is 1. The lowest BCUT2D eigenvalue weighted by Gasteiger charge is -2.09. The Kier molecular flexibility index (Phi) is 4.66. The molecule has 30 heavy (non-hydrogen) atoms. The fourth-order valence-corrected chi connectivity index (χ4v) is 3.47. The number of para-hydroxylation sites is 1. The summed E-state index contributed by atoms with van der Waals surface area (Å²) in [6.45, 7) is 0.453. The lowest BCUT2D eigenvalue weighted by atomic mass is 10.1. The second-order valence-corrected chi connectivity index (χ2v) is 7.07. The fraction of sp³-hybridized carbons (Fsp3) is 0.0385. The summed E-state index contributed by atoms with van der Waals surface area (Å²) < 4.78 is 11.7. The highest BCUT2D eigenvalue weighted by Gasteiger charge is 2.11. The van der Waals surface area contributed by atoms with Gasteiger partial charge in [0.15, 0.2) is 0 Å². The van der Waals surface area contributed by atoms with E-state index in [9.17, 15) is 4.79 Å².